The zero-order chi connectivity index (χ0) is 30.2. The summed E-state index contributed by atoms with van der Waals surface area (Å²) in [6.07, 6.45) is 1.01. The number of hydrogen-bond donors (Lipinski definition) is 0. The first-order valence-electron chi connectivity index (χ1n) is 15.3. The average Bonchev–Trinajstić information content (AvgIpc) is 3.20. The summed E-state index contributed by atoms with van der Waals surface area (Å²) in [6, 6.07) is 28.6. The van der Waals surface area contributed by atoms with Crippen molar-refractivity contribution in [3.63, 3.8) is 0 Å². The second-order valence-electron chi connectivity index (χ2n) is 12.6. The summed E-state index contributed by atoms with van der Waals surface area (Å²) in [5.74, 6) is 0.407. The van der Waals surface area contributed by atoms with Gasteiger partial charge in [-0.15, -0.1) is 0 Å². The van der Waals surface area contributed by atoms with Crippen LogP contribution < -0.4 is 4.67 Å². The van der Waals surface area contributed by atoms with E-state index in [1.807, 2.05) is 19.1 Å². The number of sulfonamides is 1. The van der Waals surface area contributed by atoms with E-state index in [0.717, 1.165) is 68.9 Å². The molecule has 2 aliphatic heterocycles. The molecule has 2 saturated heterocycles. The van der Waals surface area contributed by atoms with Crippen LogP contribution in [0.4, 0.5) is 0 Å². The first-order chi connectivity index (χ1) is 21.3. The normalized spacial score (nSPS) is 19.7. The molecule has 2 aliphatic rings. The van der Waals surface area contributed by atoms with Gasteiger partial charge in [0.25, 0.3) is 0 Å². The van der Waals surface area contributed by atoms with Crippen LogP contribution in [0, 0.1) is 32.6 Å². The van der Waals surface area contributed by atoms with E-state index in [9.17, 15) is 8.42 Å². The molecule has 0 amide bonds. The summed E-state index contributed by atoms with van der Waals surface area (Å²) in [5, 5.41) is 6.84. The van der Waals surface area contributed by atoms with Crippen molar-refractivity contribution in [1.82, 2.24) is 4.31 Å². The number of hydrogen-bond acceptors (Lipinski definition) is 5. The minimum absolute atomic E-state index is 0.204. The summed E-state index contributed by atoms with van der Waals surface area (Å²) in [4.78, 5) is 0.373. The van der Waals surface area contributed by atoms with Crippen LogP contribution in [0.2, 0.25) is 0 Å². The lowest BCUT2D eigenvalue weighted by molar-refractivity contribution is 0.178. The Morgan fingerprint density at radius 1 is 0.682 bits per heavy atom. The fourth-order valence-electron chi connectivity index (χ4n) is 7.35. The molecule has 224 valence electrons. The Morgan fingerprint density at radius 3 is 1.70 bits per heavy atom. The van der Waals surface area contributed by atoms with Crippen LogP contribution in [-0.4, -0.2) is 38.9 Å². The molecule has 5 aromatic carbocycles. The Balaban J connectivity index is 1.27. The SMILES string of the molecule is Cc1ccc(S(=O)(=O)N2CC3CC(CN(p4oc5c(C)cc6ccccc6c5c5c(o4)c(C)cc4ccccc45)C3)C2)cc1. The van der Waals surface area contributed by atoms with Crippen LogP contribution in [-0.2, 0) is 10.0 Å². The maximum absolute atomic E-state index is 13.6. The smallest absolute Gasteiger partial charge is 0.309 e. The maximum Gasteiger partial charge on any atom is 0.309 e. The molecule has 0 N–H and O–H groups in total. The highest BCUT2D eigenvalue weighted by molar-refractivity contribution is 7.89. The van der Waals surface area contributed by atoms with Gasteiger partial charge < -0.3 is 8.39 Å². The number of fused-ring (bicyclic) bond motifs is 9. The fourth-order valence-corrected chi connectivity index (χ4v) is 10.7. The van der Waals surface area contributed by atoms with Crippen LogP contribution in [0.25, 0.3) is 43.5 Å². The molecule has 0 radical (unpaired) electrons. The molecule has 6 nitrogen and oxygen atoms in total. The van der Waals surface area contributed by atoms with Gasteiger partial charge in [0.05, 0.1) is 4.90 Å². The minimum atomic E-state index is -3.54. The van der Waals surface area contributed by atoms with Crippen molar-refractivity contribution in [1.29, 1.82) is 0 Å². The van der Waals surface area contributed by atoms with Crippen molar-refractivity contribution >= 4 is 61.7 Å². The first-order valence-corrected chi connectivity index (χ1v) is 17.9. The molecule has 1 aromatic heterocycles. The van der Waals surface area contributed by atoms with E-state index in [2.05, 4.69) is 79.2 Å². The van der Waals surface area contributed by atoms with Crippen LogP contribution >= 0.6 is 8.16 Å². The van der Waals surface area contributed by atoms with Gasteiger partial charge in [0.1, 0.15) is 11.2 Å². The second-order valence-corrected chi connectivity index (χ2v) is 16.0. The lowest BCUT2D eigenvalue weighted by Gasteiger charge is -2.43. The van der Waals surface area contributed by atoms with Gasteiger partial charge in [0.15, 0.2) is 0 Å². The molecule has 3 heterocycles. The van der Waals surface area contributed by atoms with E-state index in [4.69, 9.17) is 8.39 Å². The Bertz CT molecular complexity index is 2130. The zero-order valence-corrected chi connectivity index (χ0v) is 26.9. The Morgan fingerprint density at radius 2 is 1.18 bits per heavy atom. The van der Waals surface area contributed by atoms with Crippen molar-refractivity contribution < 1.29 is 16.8 Å². The quantitative estimate of drug-likeness (QED) is 0.197. The van der Waals surface area contributed by atoms with Crippen molar-refractivity contribution in [3.05, 3.63) is 102 Å². The summed E-state index contributed by atoms with van der Waals surface area (Å²) in [6.45, 7) is 8.69. The van der Waals surface area contributed by atoms with E-state index in [1.165, 1.54) is 10.8 Å². The highest BCUT2D eigenvalue weighted by atomic mass is 32.2. The third-order valence-corrected chi connectivity index (χ3v) is 12.7. The lowest BCUT2D eigenvalue weighted by atomic mass is 9.87. The maximum atomic E-state index is 13.6. The topological polar surface area (TPSA) is 66.9 Å². The molecule has 0 spiro atoms. The number of benzene rings is 5. The molecular weight excluding hydrogens is 587 g/mol. The van der Waals surface area contributed by atoms with Gasteiger partial charge in [-0.25, -0.2) is 13.1 Å². The van der Waals surface area contributed by atoms with Crippen LogP contribution in [0.1, 0.15) is 23.1 Å². The van der Waals surface area contributed by atoms with Crippen molar-refractivity contribution in [2.24, 2.45) is 11.8 Å². The summed E-state index contributed by atoms with van der Waals surface area (Å²) in [5.41, 5.74) is 4.98. The molecular formula is C36H35N2O4PS. The third-order valence-electron chi connectivity index (χ3n) is 9.38. The van der Waals surface area contributed by atoms with Gasteiger partial charge in [0.2, 0.25) is 10.0 Å². The van der Waals surface area contributed by atoms with E-state index in [1.54, 1.807) is 16.4 Å². The molecule has 2 fully saturated rings. The molecule has 8 heteroatoms. The Hall–Kier alpha value is -3.61. The zero-order valence-electron chi connectivity index (χ0n) is 25.2. The average molecular weight is 623 g/mol. The summed E-state index contributed by atoms with van der Waals surface area (Å²) in [7, 11) is -5.03. The first kappa shape index (κ1) is 27.9. The summed E-state index contributed by atoms with van der Waals surface area (Å²) >= 11 is 0. The summed E-state index contributed by atoms with van der Waals surface area (Å²) < 4.78 is 45.2. The predicted octanol–water partition coefficient (Wildman–Crippen LogP) is 8.80. The van der Waals surface area contributed by atoms with Crippen molar-refractivity contribution in [2.75, 3.05) is 30.8 Å². The highest BCUT2D eigenvalue weighted by Gasteiger charge is 2.40. The van der Waals surface area contributed by atoms with Crippen molar-refractivity contribution in [3.8, 4) is 0 Å². The number of nitrogens with zero attached hydrogens (tertiary/aromatic N) is 2. The fraction of sp³-hybridized carbons (Fsp3) is 0.278. The number of aryl methyl sites for hydroxylation is 3. The second kappa shape index (κ2) is 10.5. The molecule has 2 bridgehead atoms. The van der Waals surface area contributed by atoms with Gasteiger partial charge in [-0.05, 0) is 96.0 Å². The Labute approximate surface area is 258 Å². The molecule has 6 aromatic rings. The van der Waals surface area contributed by atoms with Crippen LogP contribution in [0.15, 0.2) is 98.2 Å². The molecule has 2 atom stereocenters. The monoisotopic (exact) mass is 622 g/mol. The molecule has 0 aliphatic carbocycles. The van der Waals surface area contributed by atoms with E-state index >= 15 is 0 Å². The van der Waals surface area contributed by atoms with Crippen LogP contribution in [0.5, 0.6) is 0 Å². The van der Waals surface area contributed by atoms with Gasteiger partial charge in [-0.3, -0.25) is 0 Å². The van der Waals surface area contributed by atoms with Crippen LogP contribution in [0.3, 0.4) is 0 Å². The molecule has 8 rings (SSSR count). The highest BCUT2D eigenvalue weighted by Crippen LogP contribution is 2.46. The molecule has 2 unspecified atom stereocenters. The standard InChI is InChI=1S/C36H35N2O4PS/c1-23-12-14-30(15-13-23)44(39,40)38-21-26-18-27(22-38)20-37(19-26)43-41-35-24(2)16-28-8-4-6-10-31(28)33(35)34-32-11-7-5-9-29(32)17-25(3)36(34)42-43/h4-17,26-27H,18-22H2,1-3H3. The molecule has 0 saturated carbocycles. The Kier molecular flexibility index (Phi) is 6.65. The van der Waals surface area contributed by atoms with Gasteiger partial charge in [0, 0.05) is 37.0 Å². The van der Waals surface area contributed by atoms with Crippen molar-refractivity contribution in [2.45, 2.75) is 32.1 Å². The molecule has 44 heavy (non-hydrogen) atoms. The van der Waals surface area contributed by atoms with Gasteiger partial charge in [-0.1, -0.05) is 66.2 Å². The number of rotatable bonds is 3. The number of piperidine rings is 2. The third kappa shape index (κ3) is 4.57. The van der Waals surface area contributed by atoms with Gasteiger partial charge >= 0.3 is 8.16 Å². The largest absolute Gasteiger partial charge is 0.407 e. The lowest BCUT2D eigenvalue weighted by Crippen LogP contribution is -2.53. The van der Waals surface area contributed by atoms with E-state index < -0.39 is 18.2 Å². The predicted molar refractivity (Wildman–Crippen MR) is 180 cm³/mol. The van der Waals surface area contributed by atoms with Gasteiger partial charge in [-0.2, -0.15) is 4.31 Å². The van der Waals surface area contributed by atoms with E-state index in [0.29, 0.717) is 18.0 Å². The minimum Gasteiger partial charge on any atom is -0.407 e. The van der Waals surface area contributed by atoms with E-state index in [-0.39, 0.29) is 11.8 Å².